The molecule has 0 radical (unpaired) electrons. The van der Waals surface area contributed by atoms with Crippen molar-refractivity contribution in [3.63, 3.8) is 0 Å². The van der Waals surface area contributed by atoms with Crippen molar-refractivity contribution in [3.8, 4) is 17.2 Å². The second-order valence-corrected chi connectivity index (χ2v) is 5.62. The molecule has 0 aliphatic rings. The molecule has 0 atom stereocenters. The first kappa shape index (κ1) is 15.8. The summed E-state index contributed by atoms with van der Waals surface area (Å²) < 4.78 is 1.14. The number of halogens is 1. The third-order valence-electron chi connectivity index (χ3n) is 3.19. The highest BCUT2D eigenvalue weighted by molar-refractivity contribution is 9.10. The molecule has 1 aromatic carbocycles. The third kappa shape index (κ3) is 2.88. The largest absolute Gasteiger partial charge is 0.365 e. The molecule has 2 heterocycles. The van der Waals surface area contributed by atoms with Gasteiger partial charge in [-0.25, -0.2) is 14.8 Å². The van der Waals surface area contributed by atoms with Crippen LogP contribution in [0.2, 0.25) is 0 Å². The van der Waals surface area contributed by atoms with E-state index in [0.717, 1.165) is 4.57 Å². The Labute approximate surface area is 143 Å². The molecular weight excluding hydrogens is 378 g/mol. The van der Waals surface area contributed by atoms with Crippen LogP contribution < -0.4 is 17.0 Å². The van der Waals surface area contributed by atoms with Crippen molar-refractivity contribution in [2.24, 2.45) is 5.73 Å². The molecule has 1 amide bonds. The monoisotopic (exact) mass is 387 g/mol. The first-order chi connectivity index (χ1) is 11.5. The molecule has 0 bridgehead atoms. The molecular formula is C15H10BrN5O3. The van der Waals surface area contributed by atoms with Gasteiger partial charge in [0.15, 0.2) is 11.6 Å². The molecule has 0 aliphatic carbocycles. The first-order valence-electron chi connectivity index (χ1n) is 6.71. The van der Waals surface area contributed by atoms with Crippen LogP contribution in [0.5, 0.6) is 0 Å². The van der Waals surface area contributed by atoms with Crippen LogP contribution in [0.1, 0.15) is 10.4 Å². The molecule has 0 saturated carbocycles. The minimum absolute atomic E-state index is 0.0155. The summed E-state index contributed by atoms with van der Waals surface area (Å²) in [6.07, 6.45) is 2.48. The minimum Gasteiger partial charge on any atom is -0.365 e. The number of aromatic amines is 1. The summed E-state index contributed by atoms with van der Waals surface area (Å²) in [5.74, 6) is -0.498. The zero-order chi connectivity index (χ0) is 17.3. The van der Waals surface area contributed by atoms with Crippen LogP contribution in [0, 0.1) is 0 Å². The molecule has 120 valence electrons. The number of hydrogen-bond acceptors (Lipinski definition) is 5. The topological polar surface area (TPSA) is 124 Å². The van der Waals surface area contributed by atoms with Crippen molar-refractivity contribution in [3.05, 3.63) is 73.6 Å². The number of H-pyrrole nitrogens is 1. The first-order valence-corrected chi connectivity index (χ1v) is 7.51. The van der Waals surface area contributed by atoms with E-state index in [4.69, 9.17) is 5.73 Å². The number of carbonyl (C=O) groups is 1. The Bertz CT molecular complexity index is 1040. The van der Waals surface area contributed by atoms with E-state index in [1.807, 2.05) is 18.2 Å². The summed E-state index contributed by atoms with van der Waals surface area (Å²) in [6.45, 7) is 0. The van der Waals surface area contributed by atoms with Gasteiger partial charge in [0.05, 0.1) is 4.47 Å². The average molecular weight is 388 g/mol. The lowest BCUT2D eigenvalue weighted by molar-refractivity contribution is 0.0999. The Kier molecular flexibility index (Phi) is 4.09. The van der Waals surface area contributed by atoms with E-state index in [2.05, 4.69) is 30.9 Å². The molecule has 8 nitrogen and oxygen atoms in total. The minimum atomic E-state index is -0.793. The van der Waals surface area contributed by atoms with E-state index in [9.17, 15) is 14.4 Å². The number of primary amides is 1. The van der Waals surface area contributed by atoms with E-state index >= 15 is 0 Å². The van der Waals surface area contributed by atoms with Crippen LogP contribution in [0.3, 0.4) is 0 Å². The van der Waals surface area contributed by atoms with Crippen LogP contribution in [-0.4, -0.2) is 25.4 Å². The Balaban J connectivity index is 2.29. The van der Waals surface area contributed by atoms with E-state index in [0.29, 0.717) is 11.4 Å². The molecule has 0 unspecified atom stereocenters. The van der Waals surface area contributed by atoms with Gasteiger partial charge in [-0.3, -0.25) is 19.1 Å². The van der Waals surface area contributed by atoms with Gasteiger partial charge in [-0.15, -0.1) is 0 Å². The lowest BCUT2D eigenvalue weighted by atomic mass is 10.2. The van der Waals surface area contributed by atoms with Crippen LogP contribution >= 0.6 is 15.9 Å². The number of aromatic nitrogens is 4. The SMILES string of the molecule is NC(=O)c1cnc(-c2ccccc2)nc1-n1cc(Br)c(=O)[nH]c1=O. The van der Waals surface area contributed by atoms with Crippen LogP contribution in [0.25, 0.3) is 17.2 Å². The predicted octanol–water partition coefficient (Wildman–Crippen LogP) is 0.844. The van der Waals surface area contributed by atoms with Gasteiger partial charge in [0.2, 0.25) is 0 Å². The number of hydrogen-bond donors (Lipinski definition) is 2. The van der Waals surface area contributed by atoms with E-state index in [1.54, 1.807) is 12.1 Å². The molecule has 24 heavy (non-hydrogen) atoms. The zero-order valence-electron chi connectivity index (χ0n) is 12.1. The predicted molar refractivity (Wildman–Crippen MR) is 89.9 cm³/mol. The van der Waals surface area contributed by atoms with Crippen molar-refractivity contribution < 1.29 is 4.79 Å². The molecule has 2 aromatic heterocycles. The highest BCUT2D eigenvalue weighted by atomic mass is 79.9. The van der Waals surface area contributed by atoms with Crippen molar-refractivity contribution >= 4 is 21.8 Å². The Morgan fingerprint density at radius 3 is 2.58 bits per heavy atom. The van der Waals surface area contributed by atoms with Crippen LogP contribution in [0.15, 0.2) is 56.8 Å². The number of benzene rings is 1. The molecule has 0 fully saturated rings. The second kappa shape index (κ2) is 6.20. The van der Waals surface area contributed by atoms with Gasteiger partial charge in [0.1, 0.15) is 5.56 Å². The van der Waals surface area contributed by atoms with Crippen molar-refractivity contribution in [2.75, 3.05) is 0 Å². The van der Waals surface area contributed by atoms with Gasteiger partial charge >= 0.3 is 5.69 Å². The fourth-order valence-electron chi connectivity index (χ4n) is 2.06. The van der Waals surface area contributed by atoms with Crippen LogP contribution in [0.4, 0.5) is 0 Å². The van der Waals surface area contributed by atoms with Crippen LogP contribution in [-0.2, 0) is 0 Å². The summed E-state index contributed by atoms with van der Waals surface area (Å²) in [4.78, 5) is 45.7. The van der Waals surface area contributed by atoms with E-state index in [-0.39, 0.29) is 15.9 Å². The fourth-order valence-corrected chi connectivity index (χ4v) is 2.37. The normalized spacial score (nSPS) is 10.5. The van der Waals surface area contributed by atoms with Crippen molar-refractivity contribution in [1.82, 2.24) is 19.5 Å². The van der Waals surface area contributed by atoms with Crippen molar-refractivity contribution in [1.29, 1.82) is 0 Å². The molecule has 3 aromatic rings. The number of carbonyl (C=O) groups excluding carboxylic acids is 1. The summed E-state index contributed by atoms with van der Waals surface area (Å²) in [6, 6.07) is 9.03. The number of nitrogens with two attached hydrogens (primary N) is 1. The fraction of sp³-hybridized carbons (Fsp3) is 0. The number of rotatable bonds is 3. The second-order valence-electron chi connectivity index (χ2n) is 4.77. The van der Waals surface area contributed by atoms with Gasteiger partial charge < -0.3 is 5.73 Å². The summed E-state index contributed by atoms with van der Waals surface area (Å²) in [7, 11) is 0. The molecule has 0 aliphatic heterocycles. The average Bonchev–Trinajstić information content (AvgIpc) is 2.58. The maximum atomic E-state index is 12.1. The third-order valence-corrected chi connectivity index (χ3v) is 3.76. The highest BCUT2D eigenvalue weighted by Crippen LogP contribution is 2.18. The smallest absolute Gasteiger partial charge is 0.334 e. The number of amides is 1. The van der Waals surface area contributed by atoms with Gasteiger partial charge in [0.25, 0.3) is 11.5 Å². The maximum absolute atomic E-state index is 12.1. The van der Waals surface area contributed by atoms with Gasteiger partial charge in [-0.1, -0.05) is 30.3 Å². The van der Waals surface area contributed by atoms with Gasteiger partial charge in [-0.2, -0.15) is 0 Å². The highest BCUT2D eigenvalue weighted by Gasteiger charge is 2.17. The Hall–Kier alpha value is -3.07. The lowest BCUT2D eigenvalue weighted by Crippen LogP contribution is -2.31. The maximum Gasteiger partial charge on any atom is 0.334 e. The Morgan fingerprint density at radius 1 is 1.21 bits per heavy atom. The quantitative estimate of drug-likeness (QED) is 0.688. The number of nitrogens with zero attached hydrogens (tertiary/aromatic N) is 3. The van der Waals surface area contributed by atoms with Gasteiger partial charge in [-0.05, 0) is 15.9 Å². The number of nitrogens with one attached hydrogen (secondary N) is 1. The van der Waals surface area contributed by atoms with Gasteiger partial charge in [0, 0.05) is 18.0 Å². The summed E-state index contributed by atoms with van der Waals surface area (Å²) >= 11 is 3.04. The zero-order valence-corrected chi connectivity index (χ0v) is 13.6. The molecule has 9 heteroatoms. The molecule has 3 rings (SSSR count). The van der Waals surface area contributed by atoms with E-state index < -0.39 is 17.2 Å². The summed E-state index contributed by atoms with van der Waals surface area (Å²) in [5.41, 5.74) is 4.66. The lowest BCUT2D eigenvalue weighted by Gasteiger charge is -2.10. The standard InChI is InChI=1S/C15H10BrN5O3/c16-10-7-21(15(24)20-14(10)23)13-9(11(17)22)6-18-12(19-13)8-4-2-1-3-5-8/h1-7H,(H2,17,22)(H,20,23,24). The molecule has 0 spiro atoms. The molecule has 3 N–H and O–H groups in total. The Morgan fingerprint density at radius 2 is 1.92 bits per heavy atom. The van der Waals surface area contributed by atoms with Crippen molar-refractivity contribution in [2.45, 2.75) is 0 Å². The molecule has 0 saturated heterocycles. The summed E-state index contributed by atoms with van der Waals surface area (Å²) in [5, 5.41) is 0. The van der Waals surface area contributed by atoms with E-state index in [1.165, 1.54) is 12.4 Å².